The summed E-state index contributed by atoms with van der Waals surface area (Å²) < 4.78 is 32.5. The zero-order valence-corrected chi connectivity index (χ0v) is 15.3. The Balaban J connectivity index is 1.69. The topological polar surface area (TPSA) is 58.7 Å². The van der Waals surface area contributed by atoms with E-state index in [9.17, 15) is 8.42 Å². The first-order chi connectivity index (χ1) is 11.4. The smallest absolute Gasteiger partial charge is 0.211 e. The molecule has 0 unspecified atom stereocenters. The zero-order chi connectivity index (χ0) is 17.3. The van der Waals surface area contributed by atoms with Crippen LogP contribution in [0.2, 0.25) is 0 Å². The summed E-state index contributed by atoms with van der Waals surface area (Å²) in [7, 11) is -1.64. The van der Waals surface area contributed by atoms with Crippen LogP contribution in [0.15, 0.2) is 34.9 Å². The molecule has 6 nitrogen and oxygen atoms in total. The predicted octanol–water partition coefficient (Wildman–Crippen LogP) is 2.44. The van der Waals surface area contributed by atoms with Gasteiger partial charge in [0.2, 0.25) is 10.0 Å². The third-order valence-electron chi connectivity index (χ3n) is 4.68. The maximum atomic E-state index is 11.5. The molecule has 2 aromatic rings. The lowest BCUT2D eigenvalue weighted by atomic mass is 10.1. The highest BCUT2D eigenvalue weighted by atomic mass is 32.2. The molecule has 3 heterocycles. The van der Waals surface area contributed by atoms with Gasteiger partial charge in [0.05, 0.1) is 25.4 Å². The van der Waals surface area contributed by atoms with Crippen LogP contribution >= 0.6 is 0 Å². The fourth-order valence-electron chi connectivity index (χ4n) is 3.30. The van der Waals surface area contributed by atoms with Gasteiger partial charge in [-0.3, -0.25) is 4.90 Å². The molecule has 0 bridgehead atoms. The van der Waals surface area contributed by atoms with Crippen LogP contribution in [0.3, 0.4) is 0 Å². The molecule has 0 aliphatic carbocycles. The molecule has 0 radical (unpaired) electrons. The minimum absolute atomic E-state index is 0.263. The molecule has 0 amide bonds. The van der Waals surface area contributed by atoms with E-state index in [0.29, 0.717) is 11.8 Å². The van der Waals surface area contributed by atoms with E-state index in [1.165, 1.54) is 16.3 Å². The van der Waals surface area contributed by atoms with E-state index in [2.05, 4.69) is 34.7 Å². The van der Waals surface area contributed by atoms with Gasteiger partial charge in [0.25, 0.3) is 0 Å². The summed E-state index contributed by atoms with van der Waals surface area (Å²) in [6.07, 6.45) is 4.39. The van der Waals surface area contributed by atoms with Crippen molar-refractivity contribution < 1.29 is 12.8 Å². The van der Waals surface area contributed by atoms with Crippen LogP contribution in [-0.2, 0) is 29.7 Å². The SMILES string of the molecule is CC[C@@H]1c2cccn2CCN1Cc1ccc(CN(C)S(C)(=O)=O)o1. The molecule has 0 spiro atoms. The number of fused-ring (bicyclic) bond motifs is 1. The number of aromatic nitrogens is 1. The molecule has 2 aromatic heterocycles. The standard InChI is InChI=1S/C17H25N3O3S/c1-4-16-17-6-5-9-19(17)10-11-20(16)13-15-8-7-14(23-15)12-18(2)24(3,21)22/h5-9,16H,4,10-13H2,1-3H3/t16-/m1/s1. The van der Waals surface area contributed by atoms with E-state index in [4.69, 9.17) is 4.42 Å². The zero-order valence-electron chi connectivity index (χ0n) is 14.5. The van der Waals surface area contributed by atoms with E-state index in [0.717, 1.165) is 31.8 Å². The van der Waals surface area contributed by atoms with Crippen molar-refractivity contribution in [2.24, 2.45) is 0 Å². The molecule has 1 aliphatic rings. The van der Waals surface area contributed by atoms with Gasteiger partial charge in [-0.15, -0.1) is 0 Å². The van der Waals surface area contributed by atoms with E-state index in [-0.39, 0.29) is 6.54 Å². The van der Waals surface area contributed by atoms with Crippen LogP contribution in [0.5, 0.6) is 0 Å². The summed E-state index contributed by atoms with van der Waals surface area (Å²) in [6.45, 7) is 5.18. The molecular weight excluding hydrogens is 326 g/mol. The number of furan rings is 1. The lowest BCUT2D eigenvalue weighted by Gasteiger charge is -2.36. The second-order valence-corrected chi connectivity index (χ2v) is 8.50. The van der Waals surface area contributed by atoms with Gasteiger partial charge in [-0.2, -0.15) is 4.31 Å². The first kappa shape index (κ1) is 17.3. The van der Waals surface area contributed by atoms with Gasteiger partial charge in [0, 0.05) is 32.0 Å². The third kappa shape index (κ3) is 3.58. The van der Waals surface area contributed by atoms with E-state index < -0.39 is 10.0 Å². The maximum Gasteiger partial charge on any atom is 0.211 e. The van der Waals surface area contributed by atoms with E-state index in [1.807, 2.05) is 12.1 Å². The molecule has 0 aromatic carbocycles. The third-order valence-corrected chi connectivity index (χ3v) is 5.94. The molecule has 0 fully saturated rings. The lowest BCUT2D eigenvalue weighted by Crippen LogP contribution is -2.36. The number of nitrogens with zero attached hydrogens (tertiary/aromatic N) is 3. The molecule has 24 heavy (non-hydrogen) atoms. The average Bonchev–Trinajstić information content (AvgIpc) is 3.15. The van der Waals surface area contributed by atoms with Crippen LogP contribution in [0, 0.1) is 0 Å². The Bertz CT molecular complexity index is 794. The van der Waals surface area contributed by atoms with Crippen molar-refractivity contribution in [3.63, 3.8) is 0 Å². The molecule has 7 heteroatoms. The van der Waals surface area contributed by atoms with Crippen molar-refractivity contribution in [3.05, 3.63) is 47.7 Å². The molecule has 132 valence electrons. The first-order valence-corrected chi connectivity index (χ1v) is 10.1. The van der Waals surface area contributed by atoms with Crippen LogP contribution < -0.4 is 0 Å². The summed E-state index contributed by atoms with van der Waals surface area (Å²) in [6, 6.07) is 8.50. The minimum Gasteiger partial charge on any atom is -0.463 e. The Labute approximate surface area is 143 Å². The van der Waals surface area contributed by atoms with E-state index >= 15 is 0 Å². The number of rotatable bonds is 6. The number of sulfonamides is 1. The average molecular weight is 351 g/mol. The summed E-state index contributed by atoms with van der Waals surface area (Å²) in [5, 5.41) is 0. The van der Waals surface area contributed by atoms with Crippen LogP contribution in [0.4, 0.5) is 0 Å². The van der Waals surface area contributed by atoms with Gasteiger partial charge < -0.3 is 8.98 Å². The molecular formula is C17H25N3O3S. The summed E-state index contributed by atoms with van der Waals surface area (Å²) in [5.74, 6) is 1.55. The van der Waals surface area contributed by atoms with Crippen molar-refractivity contribution >= 4 is 10.0 Å². The van der Waals surface area contributed by atoms with Crippen molar-refractivity contribution in [1.82, 2.24) is 13.8 Å². The van der Waals surface area contributed by atoms with Gasteiger partial charge in [0.1, 0.15) is 11.5 Å². The Morgan fingerprint density at radius 3 is 2.71 bits per heavy atom. The quantitative estimate of drug-likeness (QED) is 0.802. The van der Waals surface area contributed by atoms with Crippen molar-refractivity contribution in [1.29, 1.82) is 0 Å². The van der Waals surface area contributed by atoms with Crippen LogP contribution in [0.25, 0.3) is 0 Å². The Hall–Kier alpha value is -1.57. The van der Waals surface area contributed by atoms with Gasteiger partial charge in [-0.1, -0.05) is 6.92 Å². The highest BCUT2D eigenvalue weighted by molar-refractivity contribution is 7.88. The van der Waals surface area contributed by atoms with Crippen LogP contribution in [-0.4, -0.2) is 42.0 Å². The second-order valence-electron chi connectivity index (χ2n) is 6.41. The molecule has 0 saturated heterocycles. The van der Waals surface area contributed by atoms with Gasteiger partial charge in [0.15, 0.2) is 0 Å². The van der Waals surface area contributed by atoms with Gasteiger partial charge >= 0.3 is 0 Å². The molecule has 0 saturated carbocycles. The van der Waals surface area contributed by atoms with Gasteiger partial charge in [-0.25, -0.2) is 8.42 Å². The lowest BCUT2D eigenvalue weighted by molar-refractivity contribution is 0.132. The summed E-state index contributed by atoms with van der Waals surface area (Å²) in [4.78, 5) is 2.43. The molecule has 3 rings (SSSR count). The Morgan fingerprint density at radius 2 is 2.00 bits per heavy atom. The monoisotopic (exact) mass is 351 g/mol. The fraction of sp³-hybridized carbons (Fsp3) is 0.529. The summed E-state index contributed by atoms with van der Waals surface area (Å²) >= 11 is 0. The minimum atomic E-state index is -3.20. The van der Waals surface area contributed by atoms with Crippen LogP contribution in [0.1, 0.15) is 36.6 Å². The molecule has 1 atom stereocenters. The Kier molecular flexibility index (Phi) is 4.85. The molecule has 0 N–H and O–H groups in total. The normalized spacial score (nSPS) is 18.9. The second kappa shape index (κ2) is 6.74. The predicted molar refractivity (Wildman–Crippen MR) is 92.9 cm³/mol. The highest BCUT2D eigenvalue weighted by Gasteiger charge is 2.26. The number of hydrogen-bond acceptors (Lipinski definition) is 4. The van der Waals surface area contributed by atoms with Crippen molar-refractivity contribution in [3.8, 4) is 0 Å². The summed E-state index contributed by atoms with van der Waals surface area (Å²) in [5.41, 5.74) is 1.35. The largest absolute Gasteiger partial charge is 0.463 e. The maximum absolute atomic E-state index is 11.5. The fourth-order valence-corrected chi connectivity index (χ4v) is 3.66. The number of hydrogen-bond donors (Lipinski definition) is 0. The molecule has 1 aliphatic heterocycles. The van der Waals surface area contributed by atoms with E-state index in [1.54, 1.807) is 7.05 Å². The van der Waals surface area contributed by atoms with Crippen molar-refractivity contribution in [2.75, 3.05) is 19.8 Å². The van der Waals surface area contributed by atoms with Crippen molar-refractivity contribution in [2.45, 2.75) is 39.0 Å². The van der Waals surface area contributed by atoms with Gasteiger partial charge in [-0.05, 0) is 30.7 Å². The first-order valence-electron chi connectivity index (χ1n) is 8.26. The Morgan fingerprint density at radius 1 is 1.25 bits per heavy atom. The highest BCUT2D eigenvalue weighted by Crippen LogP contribution is 2.30.